The van der Waals surface area contributed by atoms with Gasteiger partial charge < -0.3 is 10.1 Å². The molecule has 3 rings (SSSR count). The third-order valence-corrected chi connectivity index (χ3v) is 4.52. The summed E-state index contributed by atoms with van der Waals surface area (Å²) in [6.45, 7) is 5.03. The normalized spacial score (nSPS) is 15.1. The summed E-state index contributed by atoms with van der Waals surface area (Å²) in [5.74, 6) is 0.0147. The van der Waals surface area contributed by atoms with Crippen molar-refractivity contribution in [1.82, 2.24) is 10.2 Å². The molecular formula is C20H23ClN2O2. The average Bonchev–Trinajstić information content (AvgIpc) is 2.63. The molecule has 25 heavy (non-hydrogen) atoms. The molecule has 1 amide bonds. The highest BCUT2D eigenvalue weighted by Crippen LogP contribution is 2.11. The smallest absolute Gasteiger partial charge is 0.224 e. The summed E-state index contributed by atoms with van der Waals surface area (Å²) in [7, 11) is 0. The van der Waals surface area contributed by atoms with Crippen LogP contribution in [0.2, 0.25) is 5.02 Å². The Morgan fingerprint density at radius 2 is 1.76 bits per heavy atom. The fourth-order valence-corrected chi connectivity index (χ4v) is 3.03. The number of amides is 1. The number of hydrogen-bond donors (Lipinski definition) is 1. The maximum atomic E-state index is 12.1. The predicted molar refractivity (Wildman–Crippen MR) is 99.5 cm³/mol. The van der Waals surface area contributed by atoms with E-state index in [0.717, 1.165) is 44.0 Å². The second-order valence-electron chi connectivity index (χ2n) is 6.29. The van der Waals surface area contributed by atoms with Gasteiger partial charge in [0.1, 0.15) is 0 Å². The number of nitrogens with one attached hydrogen (secondary N) is 1. The minimum atomic E-state index is 0.0147. The van der Waals surface area contributed by atoms with Crippen LogP contribution in [0, 0.1) is 0 Å². The number of benzene rings is 2. The molecule has 1 fully saturated rings. The summed E-state index contributed by atoms with van der Waals surface area (Å²) in [6.07, 6.45) is 0.366. The molecule has 0 aromatic heterocycles. The Morgan fingerprint density at radius 3 is 2.52 bits per heavy atom. The van der Waals surface area contributed by atoms with Crippen molar-refractivity contribution in [2.45, 2.75) is 19.5 Å². The summed E-state index contributed by atoms with van der Waals surface area (Å²) in [5.41, 5.74) is 3.35. The molecule has 1 saturated heterocycles. The number of ether oxygens (including phenoxy) is 1. The lowest BCUT2D eigenvalue weighted by atomic mass is 10.1. The van der Waals surface area contributed by atoms with E-state index in [2.05, 4.69) is 28.4 Å². The van der Waals surface area contributed by atoms with Crippen LogP contribution < -0.4 is 5.32 Å². The second-order valence-corrected chi connectivity index (χ2v) is 6.72. The van der Waals surface area contributed by atoms with Crippen molar-refractivity contribution >= 4 is 17.5 Å². The maximum Gasteiger partial charge on any atom is 0.224 e. The Labute approximate surface area is 153 Å². The van der Waals surface area contributed by atoms with Crippen molar-refractivity contribution in [2.75, 3.05) is 26.3 Å². The van der Waals surface area contributed by atoms with Gasteiger partial charge in [0.15, 0.2) is 0 Å². The van der Waals surface area contributed by atoms with Crippen LogP contribution in [0.5, 0.6) is 0 Å². The molecular weight excluding hydrogens is 336 g/mol. The van der Waals surface area contributed by atoms with E-state index in [4.69, 9.17) is 16.3 Å². The molecule has 1 N–H and O–H groups in total. The van der Waals surface area contributed by atoms with Gasteiger partial charge in [0, 0.05) is 31.2 Å². The largest absolute Gasteiger partial charge is 0.379 e. The van der Waals surface area contributed by atoms with Crippen LogP contribution in [0.15, 0.2) is 48.5 Å². The van der Waals surface area contributed by atoms with E-state index >= 15 is 0 Å². The zero-order valence-electron chi connectivity index (χ0n) is 14.2. The van der Waals surface area contributed by atoms with Crippen LogP contribution in [-0.2, 0) is 29.0 Å². The van der Waals surface area contributed by atoms with Gasteiger partial charge in [-0.1, -0.05) is 48.0 Å². The quantitative estimate of drug-likeness (QED) is 0.863. The first kappa shape index (κ1) is 17.9. The third-order valence-electron chi connectivity index (χ3n) is 4.27. The summed E-state index contributed by atoms with van der Waals surface area (Å²) < 4.78 is 5.38. The Morgan fingerprint density at radius 1 is 1.04 bits per heavy atom. The zero-order valence-corrected chi connectivity index (χ0v) is 15.0. The van der Waals surface area contributed by atoms with Crippen molar-refractivity contribution in [3.63, 3.8) is 0 Å². The number of carbonyl (C=O) groups excluding carboxylic acids is 1. The molecule has 2 aromatic carbocycles. The van der Waals surface area contributed by atoms with E-state index < -0.39 is 0 Å². The van der Waals surface area contributed by atoms with Gasteiger partial charge in [-0.05, 0) is 28.8 Å². The lowest BCUT2D eigenvalue weighted by molar-refractivity contribution is -0.120. The van der Waals surface area contributed by atoms with E-state index in [0.29, 0.717) is 18.0 Å². The molecule has 0 bridgehead atoms. The van der Waals surface area contributed by atoms with Gasteiger partial charge in [-0.3, -0.25) is 9.69 Å². The standard InChI is InChI=1S/C20H23ClN2O2/c21-19-6-4-16(5-7-19)13-20(24)22-14-17-2-1-3-18(12-17)15-23-8-10-25-11-9-23/h1-7,12H,8-11,13-15H2,(H,22,24). The third kappa shape index (κ3) is 5.85. The van der Waals surface area contributed by atoms with Crippen LogP contribution in [0.25, 0.3) is 0 Å². The molecule has 4 nitrogen and oxygen atoms in total. The van der Waals surface area contributed by atoms with Crippen molar-refractivity contribution < 1.29 is 9.53 Å². The molecule has 1 heterocycles. The number of nitrogens with zero attached hydrogens (tertiary/aromatic N) is 1. The van der Waals surface area contributed by atoms with Gasteiger partial charge in [0.25, 0.3) is 0 Å². The van der Waals surface area contributed by atoms with E-state index in [1.54, 1.807) is 12.1 Å². The molecule has 0 radical (unpaired) electrons. The SMILES string of the molecule is O=C(Cc1ccc(Cl)cc1)NCc1cccc(CN2CCOCC2)c1. The number of hydrogen-bond acceptors (Lipinski definition) is 3. The van der Waals surface area contributed by atoms with Gasteiger partial charge in [0.05, 0.1) is 19.6 Å². The monoisotopic (exact) mass is 358 g/mol. The first-order chi connectivity index (χ1) is 12.2. The van der Waals surface area contributed by atoms with Gasteiger partial charge in [0.2, 0.25) is 5.91 Å². The predicted octanol–water partition coefficient (Wildman–Crippen LogP) is 3.03. The van der Waals surface area contributed by atoms with Gasteiger partial charge >= 0.3 is 0 Å². The Kier molecular flexibility index (Phi) is 6.45. The maximum absolute atomic E-state index is 12.1. The molecule has 5 heteroatoms. The highest BCUT2D eigenvalue weighted by molar-refractivity contribution is 6.30. The molecule has 0 aliphatic carbocycles. The summed E-state index contributed by atoms with van der Waals surface area (Å²) in [5, 5.41) is 3.67. The fraction of sp³-hybridized carbons (Fsp3) is 0.350. The highest BCUT2D eigenvalue weighted by atomic mass is 35.5. The van der Waals surface area contributed by atoms with E-state index in [1.165, 1.54) is 5.56 Å². The van der Waals surface area contributed by atoms with Crippen LogP contribution in [0.1, 0.15) is 16.7 Å². The molecule has 0 spiro atoms. The van der Waals surface area contributed by atoms with Crippen LogP contribution in [-0.4, -0.2) is 37.1 Å². The van der Waals surface area contributed by atoms with E-state index in [1.807, 2.05) is 18.2 Å². The van der Waals surface area contributed by atoms with Crippen molar-refractivity contribution in [3.8, 4) is 0 Å². The summed E-state index contributed by atoms with van der Waals surface area (Å²) in [4.78, 5) is 14.5. The van der Waals surface area contributed by atoms with Crippen molar-refractivity contribution in [3.05, 3.63) is 70.2 Å². The molecule has 0 saturated carbocycles. The van der Waals surface area contributed by atoms with E-state index in [9.17, 15) is 4.79 Å². The summed E-state index contributed by atoms with van der Waals surface area (Å²) in [6, 6.07) is 15.8. The summed E-state index contributed by atoms with van der Waals surface area (Å²) >= 11 is 5.86. The van der Waals surface area contributed by atoms with Crippen LogP contribution in [0.4, 0.5) is 0 Å². The number of rotatable bonds is 6. The first-order valence-electron chi connectivity index (χ1n) is 8.58. The fourth-order valence-electron chi connectivity index (χ4n) is 2.91. The molecule has 1 aliphatic heterocycles. The van der Waals surface area contributed by atoms with Crippen molar-refractivity contribution in [2.24, 2.45) is 0 Å². The molecule has 0 unspecified atom stereocenters. The average molecular weight is 359 g/mol. The van der Waals surface area contributed by atoms with Crippen LogP contribution in [0.3, 0.4) is 0 Å². The Bertz CT molecular complexity index is 697. The topological polar surface area (TPSA) is 41.6 Å². The minimum Gasteiger partial charge on any atom is -0.379 e. The molecule has 1 aliphatic rings. The van der Waals surface area contributed by atoms with Crippen LogP contribution >= 0.6 is 11.6 Å². The lowest BCUT2D eigenvalue weighted by Crippen LogP contribution is -2.35. The molecule has 0 atom stereocenters. The number of morpholine rings is 1. The minimum absolute atomic E-state index is 0.0147. The van der Waals surface area contributed by atoms with Crippen molar-refractivity contribution in [1.29, 1.82) is 0 Å². The Balaban J connectivity index is 1.49. The molecule has 132 valence electrons. The first-order valence-corrected chi connectivity index (χ1v) is 8.96. The van der Waals surface area contributed by atoms with Gasteiger partial charge in [-0.2, -0.15) is 0 Å². The zero-order chi connectivity index (χ0) is 17.5. The number of carbonyl (C=O) groups is 1. The highest BCUT2D eigenvalue weighted by Gasteiger charge is 2.11. The number of halogens is 1. The lowest BCUT2D eigenvalue weighted by Gasteiger charge is -2.26. The second kappa shape index (κ2) is 8.99. The van der Waals surface area contributed by atoms with Gasteiger partial charge in [-0.25, -0.2) is 0 Å². The Hall–Kier alpha value is -1.88. The molecule has 2 aromatic rings. The van der Waals surface area contributed by atoms with Gasteiger partial charge in [-0.15, -0.1) is 0 Å². The van der Waals surface area contributed by atoms with E-state index in [-0.39, 0.29) is 5.91 Å².